The van der Waals surface area contributed by atoms with Gasteiger partial charge in [-0.3, -0.25) is 4.79 Å². The first kappa shape index (κ1) is 16.1. The molecule has 0 fully saturated rings. The highest BCUT2D eigenvalue weighted by Gasteiger charge is 2.27. The van der Waals surface area contributed by atoms with Crippen LogP contribution in [0.15, 0.2) is 16.3 Å². The van der Waals surface area contributed by atoms with Crippen molar-refractivity contribution in [2.75, 3.05) is 13.1 Å². The Kier molecular flexibility index (Phi) is 5.51. The van der Waals surface area contributed by atoms with Gasteiger partial charge in [-0.1, -0.05) is 20.8 Å². The molecule has 0 bridgehead atoms. The number of sulfonamides is 1. The molecule has 7 heteroatoms. The van der Waals surface area contributed by atoms with E-state index in [1.54, 1.807) is 19.1 Å². The summed E-state index contributed by atoms with van der Waals surface area (Å²) < 4.78 is 26.3. The average Bonchev–Trinajstić information content (AvgIpc) is 2.84. The lowest BCUT2D eigenvalue weighted by Gasteiger charge is -2.21. The van der Waals surface area contributed by atoms with Crippen molar-refractivity contribution in [2.45, 2.75) is 31.4 Å². The quantitative estimate of drug-likeness (QED) is 0.836. The Morgan fingerprint density at radius 1 is 1.42 bits per heavy atom. The second-order valence-corrected chi connectivity index (χ2v) is 7.60. The second-order valence-electron chi connectivity index (χ2n) is 4.27. The van der Waals surface area contributed by atoms with Crippen LogP contribution in [0.4, 0.5) is 0 Å². The molecule has 0 saturated carbocycles. The van der Waals surface area contributed by atoms with Gasteiger partial charge in [0.05, 0.1) is 5.92 Å². The Labute approximate surface area is 117 Å². The van der Waals surface area contributed by atoms with Crippen LogP contribution in [-0.2, 0) is 21.2 Å². The molecule has 1 unspecified atom stereocenters. The minimum Gasteiger partial charge on any atom is -0.481 e. The summed E-state index contributed by atoms with van der Waals surface area (Å²) in [6.07, 6.45) is 0.790. The zero-order chi connectivity index (χ0) is 14.6. The van der Waals surface area contributed by atoms with Crippen molar-refractivity contribution in [2.24, 2.45) is 5.92 Å². The highest BCUT2D eigenvalue weighted by atomic mass is 32.2. The maximum Gasteiger partial charge on any atom is 0.307 e. The van der Waals surface area contributed by atoms with E-state index in [0.717, 1.165) is 11.3 Å². The number of nitrogens with zero attached hydrogens (tertiary/aromatic N) is 1. The Morgan fingerprint density at radius 2 is 2.05 bits per heavy atom. The van der Waals surface area contributed by atoms with Gasteiger partial charge in [0, 0.05) is 18.0 Å². The van der Waals surface area contributed by atoms with Crippen molar-refractivity contribution < 1.29 is 18.3 Å². The van der Waals surface area contributed by atoms with Gasteiger partial charge in [0.1, 0.15) is 4.21 Å². The fourth-order valence-electron chi connectivity index (χ4n) is 1.59. The summed E-state index contributed by atoms with van der Waals surface area (Å²) in [5.41, 5.74) is 0. The van der Waals surface area contributed by atoms with E-state index in [1.165, 1.54) is 22.6 Å². The van der Waals surface area contributed by atoms with E-state index in [-0.39, 0.29) is 17.3 Å². The van der Waals surface area contributed by atoms with Gasteiger partial charge in [0.15, 0.2) is 0 Å². The van der Waals surface area contributed by atoms with Crippen molar-refractivity contribution >= 4 is 27.3 Å². The van der Waals surface area contributed by atoms with Crippen LogP contribution in [0.2, 0.25) is 0 Å². The number of rotatable bonds is 7. The molecule has 1 aromatic rings. The molecule has 1 heterocycles. The van der Waals surface area contributed by atoms with Crippen molar-refractivity contribution in [3.8, 4) is 0 Å². The molecule has 0 amide bonds. The van der Waals surface area contributed by atoms with Gasteiger partial charge in [-0.15, -0.1) is 11.3 Å². The third kappa shape index (κ3) is 3.77. The second kappa shape index (κ2) is 6.49. The van der Waals surface area contributed by atoms with Crippen LogP contribution in [0.25, 0.3) is 0 Å². The number of aliphatic carboxylic acids is 1. The van der Waals surface area contributed by atoms with Crippen LogP contribution in [0.1, 0.15) is 25.6 Å². The smallest absolute Gasteiger partial charge is 0.307 e. The van der Waals surface area contributed by atoms with Crippen LogP contribution >= 0.6 is 11.3 Å². The molecule has 0 aromatic carbocycles. The summed E-state index contributed by atoms with van der Waals surface area (Å²) >= 11 is 1.24. The lowest BCUT2D eigenvalue weighted by molar-refractivity contribution is -0.141. The molecule has 1 atom stereocenters. The number of carbonyl (C=O) groups is 1. The molecule has 0 aliphatic carbocycles. The van der Waals surface area contributed by atoms with Gasteiger partial charge < -0.3 is 5.11 Å². The van der Waals surface area contributed by atoms with E-state index in [4.69, 9.17) is 5.11 Å². The Hall–Kier alpha value is -0.920. The minimum absolute atomic E-state index is 0.00642. The Bertz CT molecular complexity index is 536. The van der Waals surface area contributed by atoms with Crippen molar-refractivity contribution in [1.29, 1.82) is 0 Å². The monoisotopic (exact) mass is 305 g/mol. The van der Waals surface area contributed by atoms with Crippen molar-refractivity contribution in [3.63, 3.8) is 0 Å². The predicted molar refractivity (Wildman–Crippen MR) is 74.9 cm³/mol. The number of hydrogen-bond acceptors (Lipinski definition) is 4. The summed E-state index contributed by atoms with van der Waals surface area (Å²) in [7, 11) is -3.58. The fraction of sp³-hybridized carbons (Fsp3) is 0.583. The van der Waals surface area contributed by atoms with Crippen LogP contribution < -0.4 is 0 Å². The molecule has 19 heavy (non-hydrogen) atoms. The van der Waals surface area contributed by atoms with Gasteiger partial charge in [0.2, 0.25) is 0 Å². The lowest BCUT2D eigenvalue weighted by atomic mass is 10.2. The third-order valence-corrected chi connectivity index (χ3v) is 6.47. The van der Waals surface area contributed by atoms with Gasteiger partial charge >= 0.3 is 5.97 Å². The first-order valence-electron chi connectivity index (χ1n) is 6.14. The SMILES string of the molecule is CCc1ccc(S(=O)(=O)N(CC)CC(C)C(=O)O)s1. The first-order chi connectivity index (χ1) is 8.82. The molecule has 1 rings (SSSR count). The molecule has 0 saturated heterocycles. The molecule has 0 spiro atoms. The molecular weight excluding hydrogens is 286 g/mol. The van der Waals surface area contributed by atoms with E-state index < -0.39 is 21.9 Å². The van der Waals surface area contributed by atoms with Crippen molar-refractivity contribution in [1.82, 2.24) is 4.31 Å². The van der Waals surface area contributed by atoms with Crippen LogP contribution in [0.3, 0.4) is 0 Å². The predicted octanol–water partition coefficient (Wildman–Crippen LogP) is 2.04. The lowest BCUT2D eigenvalue weighted by Crippen LogP contribution is -2.36. The molecule has 0 aliphatic heterocycles. The highest BCUT2D eigenvalue weighted by Crippen LogP contribution is 2.25. The van der Waals surface area contributed by atoms with Gasteiger partial charge in [-0.05, 0) is 18.6 Å². The largest absolute Gasteiger partial charge is 0.481 e. The zero-order valence-electron chi connectivity index (χ0n) is 11.3. The first-order valence-corrected chi connectivity index (χ1v) is 8.40. The molecule has 1 aromatic heterocycles. The molecule has 1 N–H and O–H groups in total. The van der Waals surface area contributed by atoms with E-state index in [9.17, 15) is 13.2 Å². The number of hydrogen-bond donors (Lipinski definition) is 1. The van der Waals surface area contributed by atoms with Gasteiger partial charge in [0.25, 0.3) is 10.0 Å². The van der Waals surface area contributed by atoms with E-state index >= 15 is 0 Å². The molecule has 0 aliphatic rings. The summed E-state index contributed by atoms with van der Waals surface area (Å²) in [5, 5.41) is 8.89. The summed E-state index contributed by atoms with van der Waals surface area (Å²) in [4.78, 5) is 11.8. The van der Waals surface area contributed by atoms with Gasteiger partial charge in [-0.25, -0.2) is 8.42 Å². The van der Waals surface area contributed by atoms with Crippen LogP contribution in [0.5, 0.6) is 0 Å². The molecule has 5 nitrogen and oxygen atoms in total. The number of carboxylic acid groups (broad SMARTS) is 1. The molecular formula is C12H19NO4S2. The van der Waals surface area contributed by atoms with E-state index in [1.807, 2.05) is 6.92 Å². The zero-order valence-corrected chi connectivity index (χ0v) is 12.9. The summed E-state index contributed by atoms with van der Waals surface area (Å²) in [6, 6.07) is 3.39. The normalized spacial score (nSPS) is 13.7. The Morgan fingerprint density at radius 3 is 2.47 bits per heavy atom. The number of thiophene rings is 1. The van der Waals surface area contributed by atoms with Gasteiger partial charge in [-0.2, -0.15) is 4.31 Å². The highest BCUT2D eigenvalue weighted by molar-refractivity contribution is 7.91. The van der Waals surface area contributed by atoms with Crippen LogP contribution in [0, 0.1) is 5.92 Å². The average molecular weight is 305 g/mol. The topological polar surface area (TPSA) is 74.7 Å². The summed E-state index contributed by atoms with van der Waals surface area (Å²) in [5.74, 6) is -1.71. The van der Waals surface area contributed by atoms with E-state index in [0.29, 0.717) is 0 Å². The number of aryl methyl sites for hydroxylation is 1. The number of carboxylic acids is 1. The molecule has 0 radical (unpaired) electrons. The van der Waals surface area contributed by atoms with Crippen LogP contribution in [-0.4, -0.2) is 36.9 Å². The standard InChI is InChI=1S/C12H19NO4S2/c1-4-10-6-7-11(18-10)19(16,17)13(5-2)8-9(3)12(14)15/h6-7,9H,4-5,8H2,1-3H3,(H,14,15). The third-order valence-electron chi connectivity index (χ3n) is 2.83. The minimum atomic E-state index is -3.58. The molecule has 108 valence electrons. The Balaban J connectivity index is 2.98. The summed E-state index contributed by atoms with van der Waals surface area (Å²) in [6.45, 7) is 5.44. The maximum atomic E-state index is 12.4. The van der Waals surface area contributed by atoms with Crippen molar-refractivity contribution in [3.05, 3.63) is 17.0 Å². The fourth-order valence-corrected chi connectivity index (χ4v) is 4.58. The maximum absolute atomic E-state index is 12.4. The van der Waals surface area contributed by atoms with E-state index in [2.05, 4.69) is 0 Å².